The Labute approximate surface area is 132 Å². The summed E-state index contributed by atoms with van der Waals surface area (Å²) in [4.78, 5) is 11.5. The van der Waals surface area contributed by atoms with Gasteiger partial charge in [-0.2, -0.15) is 0 Å². The number of hydrogen-bond donors (Lipinski definition) is 2. The number of nitrogens with one attached hydrogen (secondary N) is 1. The molecule has 0 fully saturated rings. The third kappa shape index (κ3) is 5.65. The van der Waals surface area contributed by atoms with E-state index in [-0.39, 0.29) is 24.1 Å². The lowest BCUT2D eigenvalue weighted by Crippen LogP contribution is -2.32. The van der Waals surface area contributed by atoms with Crippen molar-refractivity contribution < 1.29 is 13.2 Å². The molecule has 1 aromatic rings. The van der Waals surface area contributed by atoms with Crippen molar-refractivity contribution in [1.29, 1.82) is 0 Å². The molecule has 0 spiro atoms. The number of nitrogens with two attached hydrogens (primary N) is 1. The summed E-state index contributed by atoms with van der Waals surface area (Å²) in [5, 5.41) is 2.65. The van der Waals surface area contributed by atoms with E-state index in [0.29, 0.717) is 11.3 Å². The lowest BCUT2D eigenvalue weighted by Gasteiger charge is -2.19. The van der Waals surface area contributed by atoms with Gasteiger partial charge in [-0.25, -0.2) is 8.42 Å². The molecule has 0 saturated carbocycles. The number of carbonyl (C=O) groups excluding carboxylic acids is 1. The average Bonchev–Trinajstić information content (AvgIpc) is 2.26. The summed E-state index contributed by atoms with van der Waals surface area (Å²) in [5.74, 6) is -0.362. The molecule has 0 saturated heterocycles. The highest BCUT2D eigenvalue weighted by atomic mass is 35.5. The molecular formula is C14H23ClN2O3S. The Morgan fingerprint density at radius 1 is 1.33 bits per heavy atom. The lowest BCUT2D eigenvalue weighted by atomic mass is 10.2. The SMILES string of the molecule is C[C@H](N)C(=O)Nc1cccc(CS(=O)(=O)C(C)(C)C)c1.Cl. The zero-order valence-electron chi connectivity index (χ0n) is 12.7. The number of sulfone groups is 1. The number of amides is 1. The molecule has 3 N–H and O–H groups in total. The van der Waals surface area contributed by atoms with E-state index >= 15 is 0 Å². The fourth-order valence-electron chi connectivity index (χ4n) is 1.43. The molecular weight excluding hydrogens is 312 g/mol. The van der Waals surface area contributed by atoms with E-state index in [1.807, 2.05) is 0 Å². The van der Waals surface area contributed by atoms with Gasteiger partial charge in [0, 0.05) is 5.69 Å². The number of benzene rings is 1. The molecule has 1 rings (SSSR count). The smallest absolute Gasteiger partial charge is 0.240 e. The minimum Gasteiger partial charge on any atom is -0.325 e. The number of anilines is 1. The Kier molecular flexibility index (Phi) is 6.86. The summed E-state index contributed by atoms with van der Waals surface area (Å²) in [5.41, 5.74) is 6.66. The van der Waals surface area contributed by atoms with Crippen LogP contribution in [0.3, 0.4) is 0 Å². The lowest BCUT2D eigenvalue weighted by molar-refractivity contribution is -0.117. The van der Waals surface area contributed by atoms with E-state index in [0.717, 1.165) is 0 Å². The Morgan fingerprint density at radius 3 is 2.38 bits per heavy atom. The minimum atomic E-state index is -3.25. The van der Waals surface area contributed by atoms with Crippen LogP contribution in [0.2, 0.25) is 0 Å². The van der Waals surface area contributed by atoms with Crippen molar-refractivity contribution in [2.45, 2.75) is 44.2 Å². The van der Waals surface area contributed by atoms with Crippen molar-refractivity contribution >= 4 is 33.8 Å². The van der Waals surface area contributed by atoms with E-state index in [1.54, 1.807) is 52.0 Å². The van der Waals surface area contributed by atoms with Gasteiger partial charge in [0.1, 0.15) is 0 Å². The summed E-state index contributed by atoms with van der Waals surface area (Å²) < 4.78 is 23.5. The summed E-state index contributed by atoms with van der Waals surface area (Å²) >= 11 is 0. The van der Waals surface area contributed by atoms with Crippen LogP contribution in [0.5, 0.6) is 0 Å². The van der Waals surface area contributed by atoms with Gasteiger partial charge in [0.2, 0.25) is 5.91 Å². The van der Waals surface area contributed by atoms with Crippen LogP contribution in [0.25, 0.3) is 0 Å². The molecule has 0 aliphatic rings. The standard InChI is InChI=1S/C14H22N2O3S.ClH/c1-10(15)13(17)16-12-7-5-6-11(8-12)9-20(18,19)14(2,3)4;/h5-8,10H,9,15H2,1-4H3,(H,16,17);1H/t10-;/m0./s1. The van der Waals surface area contributed by atoms with E-state index < -0.39 is 20.6 Å². The van der Waals surface area contributed by atoms with E-state index in [4.69, 9.17) is 5.73 Å². The van der Waals surface area contributed by atoms with Crippen LogP contribution in [0.15, 0.2) is 24.3 Å². The highest BCUT2D eigenvalue weighted by Crippen LogP contribution is 2.22. The Hall–Kier alpha value is -1.11. The molecule has 1 aromatic carbocycles. The molecule has 0 unspecified atom stereocenters. The highest BCUT2D eigenvalue weighted by Gasteiger charge is 2.28. The van der Waals surface area contributed by atoms with Crippen molar-refractivity contribution in [3.63, 3.8) is 0 Å². The number of rotatable bonds is 4. The second-order valence-corrected chi connectivity index (χ2v) is 8.59. The van der Waals surface area contributed by atoms with E-state index in [1.165, 1.54) is 0 Å². The summed E-state index contributed by atoms with van der Waals surface area (Å²) in [6, 6.07) is 6.18. The quantitative estimate of drug-likeness (QED) is 0.882. The zero-order valence-corrected chi connectivity index (χ0v) is 14.3. The number of halogens is 1. The van der Waals surface area contributed by atoms with Crippen molar-refractivity contribution in [3.05, 3.63) is 29.8 Å². The van der Waals surface area contributed by atoms with E-state index in [2.05, 4.69) is 5.32 Å². The Balaban J connectivity index is 0.00000400. The second kappa shape index (κ2) is 7.24. The van der Waals surface area contributed by atoms with Crippen molar-refractivity contribution in [2.75, 3.05) is 5.32 Å². The third-order valence-electron chi connectivity index (χ3n) is 2.90. The van der Waals surface area contributed by atoms with E-state index in [9.17, 15) is 13.2 Å². The van der Waals surface area contributed by atoms with Gasteiger partial charge in [-0.05, 0) is 45.4 Å². The molecule has 1 amide bonds. The molecule has 0 aliphatic heterocycles. The molecule has 0 bridgehead atoms. The first-order chi connectivity index (χ1) is 9.03. The first-order valence-corrected chi connectivity index (χ1v) is 8.06. The van der Waals surface area contributed by atoms with Crippen LogP contribution in [-0.2, 0) is 20.4 Å². The third-order valence-corrected chi connectivity index (χ3v) is 5.48. The van der Waals surface area contributed by atoms with Gasteiger partial charge >= 0.3 is 0 Å². The van der Waals surface area contributed by atoms with Crippen LogP contribution < -0.4 is 11.1 Å². The topological polar surface area (TPSA) is 89.3 Å². The molecule has 5 nitrogen and oxygen atoms in total. The van der Waals surface area contributed by atoms with Gasteiger partial charge in [0.15, 0.2) is 9.84 Å². The van der Waals surface area contributed by atoms with Gasteiger partial charge in [-0.1, -0.05) is 12.1 Å². The molecule has 0 radical (unpaired) electrons. The molecule has 7 heteroatoms. The summed E-state index contributed by atoms with van der Waals surface area (Å²) in [6.07, 6.45) is 0. The van der Waals surface area contributed by atoms with Crippen LogP contribution in [0.1, 0.15) is 33.3 Å². The predicted molar refractivity (Wildman–Crippen MR) is 88.3 cm³/mol. The van der Waals surface area contributed by atoms with Gasteiger partial charge < -0.3 is 11.1 Å². The maximum absolute atomic E-state index is 12.2. The van der Waals surface area contributed by atoms with Crippen LogP contribution in [0.4, 0.5) is 5.69 Å². The van der Waals surface area contributed by atoms with Gasteiger partial charge in [0.05, 0.1) is 16.5 Å². The normalized spacial score (nSPS) is 13.2. The fourth-order valence-corrected chi connectivity index (χ4v) is 2.48. The molecule has 0 aromatic heterocycles. The minimum absolute atomic E-state index is 0. The monoisotopic (exact) mass is 334 g/mol. The Bertz CT molecular complexity index is 592. The predicted octanol–water partition coefficient (Wildman–Crippen LogP) is 2.11. The van der Waals surface area contributed by atoms with Crippen molar-refractivity contribution in [2.24, 2.45) is 5.73 Å². The molecule has 0 aliphatic carbocycles. The first-order valence-electron chi connectivity index (χ1n) is 6.40. The van der Waals surface area contributed by atoms with Crippen molar-refractivity contribution in [3.8, 4) is 0 Å². The van der Waals surface area contributed by atoms with Gasteiger partial charge in [-0.15, -0.1) is 12.4 Å². The molecule has 1 atom stereocenters. The number of carbonyl (C=O) groups is 1. The maximum Gasteiger partial charge on any atom is 0.240 e. The van der Waals surface area contributed by atoms with Crippen LogP contribution in [0, 0.1) is 0 Å². The highest BCUT2D eigenvalue weighted by molar-refractivity contribution is 7.91. The van der Waals surface area contributed by atoms with Gasteiger partial charge in [-0.3, -0.25) is 4.79 Å². The molecule has 21 heavy (non-hydrogen) atoms. The van der Waals surface area contributed by atoms with Crippen LogP contribution >= 0.6 is 12.4 Å². The van der Waals surface area contributed by atoms with Crippen molar-refractivity contribution in [1.82, 2.24) is 0 Å². The summed E-state index contributed by atoms with van der Waals surface area (Å²) in [6.45, 7) is 6.60. The average molecular weight is 335 g/mol. The summed E-state index contributed by atoms with van der Waals surface area (Å²) in [7, 11) is -3.25. The fraction of sp³-hybridized carbons (Fsp3) is 0.500. The van der Waals surface area contributed by atoms with Crippen LogP contribution in [-0.4, -0.2) is 25.1 Å². The molecule has 0 heterocycles. The maximum atomic E-state index is 12.2. The molecule has 120 valence electrons. The Morgan fingerprint density at radius 2 is 1.90 bits per heavy atom. The van der Waals surface area contributed by atoms with Gasteiger partial charge in [0.25, 0.3) is 0 Å². The largest absolute Gasteiger partial charge is 0.325 e. The first kappa shape index (κ1) is 19.9. The number of hydrogen-bond acceptors (Lipinski definition) is 4. The second-order valence-electron chi connectivity index (χ2n) is 5.85. The zero-order chi connectivity index (χ0) is 15.6.